The van der Waals surface area contributed by atoms with Crippen LogP contribution in [0.1, 0.15) is 26.3 Å². The van der Waals surface area contributed by atoms with E-state index in [1.54, 1.807) is 45.0 Å². The van der Waals surface area contributed by atoms with Crippen molar-refractivity contribution in [1.29, 1.82) is 0 Å². The van der Waals surface area contributed by atoms with Crippen LogP contribution in [0.25, 0.3) is 0 Å². The van der Waals surface area contributed by atoms with Gasteiger partial charge in [-0.1, -0.05) is 12.1 Å². The molecule has 4 nitrogen and oxygen atoms in total. The fraction of sp³-hybridized carbons (Fsp3) is 0.500. The van der Waals surface area contributed by atoms with Crippen molar-refractivity contribution in [3.63, 3.8) is 0 Å². The van der Waals surface area contributed by atoms with Gasteiger partial charge in [-0.3, -0.25) is 4.79 Å². The summed E-state index contributed by atoms with van der Waals surface area (Å²) in [5.74, 6) is 0.00803. The summed E-state index contributed by atoms with van der Waals surface area (Å²) >= 11 is 0. The maximum atomic E-state index is 11.9. The molecular formula is C14H20FNO3. The maximum absolute atomic E-state index is 11.9. The highest BCUT2D eigenvalue weighted by Gasteiger charge is 2.22. The Kier molecular flexibility index (Phi) is 5.30. The van der Waals surface area contributed by atoms with Crippen LogP contribution < -0.4 is 10.5 Å². The predicted molar refractivity (Wildman–Crippen MR) is 70.6 cm³/mol. The van der Waals surface area contributed by atoms with Crippen LogP contribution in [0.3, 0.4) is 0 Å². The van der Waals surface area contributed by atoms with E-state index in [1.807, 2.05) is 0 Å². The molecule has 1 rings (SSSR count). The van der Waals surface area contributed by atoms with E-state index >= 15 is 0 Å². The number of nitrogens with two attached hydrogens (primary N) is 1. The average Bonchev–Trinajstić information content (AvgIpc) is 2.29. The summed E-state index contributed by atoms with van der Waals surface area (Å²) in [7, 11) is 0. The summed E-state index contributed by atoms with van der Waals surface area (Å²) in [4.78, 5) is 11.7. The van der Waals surface area contributed by atoms with Crippen molar-refractivity contribution in [2.75, 3.05) is 6.86 Å². The van der Waals surface area contributed by atoms with E-state index in [4.69, 9.17) is 10.5 Å². The van der Waals surface area contributed by atoms with Gasteiger partial charge in [-0.25, -0.2) is 4.39 Å². The maximum Gasteiger partial charge on any atom is 0.323 e. The Morgan fingerprint density at radius 3 is 2.37 bits per heavy atom. The van der Waals surface area contributed by atoms with Gasteiger partial charge in [0.05, 0.1) is 0 Å². The number of esters is 1. The summed E-state index contributed by atoms with van der Waals surface area (Å²) in [6.07, 6.45) is 0.366. The molecule has 5 heteroatoms. The summed E-state index contributed by atoms with van der Waals surface area (Å²) in [5, 5.41) is 0. The van der Waals surface area contributed by atoms with Gasteiger partial charge in [-0.15, -0.1) is 0 Å². The molecule has 0 saturated heterocycles. The van der Waals surface area contributed by atoms with Crippen LogP contribution in [0, 0.1) is 0 Å². The minimum atomic E-state index is -0.864. The molecule has 19 heavy (non-hydrogen) atoms. The first kappa shape index (κ1) is 15.4. The lowest BCUT2D eigenvalue weighted by Gasteiger charge is -2.22. The Morgan fingerprint density at radius 2 is 1.89 bits per heavy atom. The molecule has 1 aromatic rings. The third-order valence-electron chi connectivity index (χ3n) is 2.31. The summed E-state index contributed by atoms with van der Waals surface area (Å²) < 4.78 is 21.8. The fourth-order valence-electron chi connectivity index (χ4n) is 1.50. The van der Waals surface area contributed by atoms with Gasteiger partial charge in [0.2, 0.25) is 6.86 Å². The first-order chi connectivity index (χ1) is 8.81. The van der Waals surface area contributed by atoms with Gasteiger partial charge >= 0.3 is 5.97 Å². The van der Waals surface area contributed by atoms with Crippen molar-refractivity contribution < 1.29 is 18.7 Å². The Bertz CT molecular complexity index is 412. The number of carbonyl (C=O) groups excluding carboxylic acids is 1. The third-order valence-corrected chi connectivity index (χ3v) is 2.31. The van der Waals surface area contributed by atoms with Crippen LogP contribution in [0.5, 0.6) is 5.75 Å². The van der Waals surface area contributed by atoms with Gasteiger partial charge in [-0.05, 0) is 44.9 Å². The van der Waals surface area contributed by atoms with Gasteiger partial charge in [-0.2, -0.15) is 0 Å². The highest BCUT2D eigenvalue weighted by Crippen LogP contribution is 2.14. The Balaban J connectivity index is 2.56. The van der Waals surface area contributed by atoms with E-state index in [2.05, 4.69) is 4.74 Å². The molecule has 0 radical (unpaired) electrons. The fourth-order valence-corrected chi connectivity index (χ4v) is 1.50. The summed E-state index contributed by atoms with van der Waals surface area (Å²) in [6, 6.07) is 6.05. The molecule has 1 unspecified atom stereocenters. The third kappa shape index (κ3) is 5.70. The first-order valence-corrected chi connectivity index (χ1v) is 6.08. The SMILES string of the molecule is CC(C)(C)OC(=O)C(N)Cc1ccc(OCF)cc1. The van der Waals surface area contributed by atoms with Crippen LogP contribution in [0.15, 0.2) is 24.3 Å². The molecule has 106 valence electrons. The topological polar surface area (TPSA) is 61.5 Å². The standard InChI is InChI=1S/C14H20FNO3/c1-14(2,3)19-13(17)12(16)8-10-4-6-11(7-5-10)18-9-15/h4-7,12H,8-9,16H2,1-3H3. The van der Waals surface area contributed by atoms with E-state index < -0.39 is 24.5 Å². The number of ether oxygens (including phenoxy) is 2. The van der Waals surface area contributed by atoms with Crippen molar-refractivity contribution in [2.45, 2.75) is 38.8 Å². The van der Waals surface area contributed by atoms with Crippen LogP contribution in [0.4, 0.5) is 4.39 Å². The minimum Gasteiger partial charge on any atom is -0.463 e. The lowest BCUT2D eigenvalue weighted by molar-refractivity contribution is -0.156. The number of benzene rings is 1. The highest BCUT2D eigenvalue weighted by molar-refractivity contribution is 5.76. The van der Waals surface area contributed by atoms with E-state index in [-0.39, 0.29) is 0 Å². The van der Waals surface area contributed by atoms with Gasteiger partial charge < -0.3 is 15.2 Å². The molecule has 0 fully saturated rings. The van der Waals surface area contributed by atoms with Gasteiger partial charge in [0.15, 0.2) is 0 Å². The summed E-state index contributed by atoms with van der Waals surface area (Å²) in [6.45, 7) is 4.51. The monoisotopic (exact) mass is 269 g/mol. The summed E-state index contributed by atoms with van der Waals surface area (Å²) in [5.41, 5.74) is 6.10. The largest absolute Gasteiger partial charge is 0.463 e. The molecule has 0 saturated carbocycles. The molecule has 0 amide bonds. The molecule has 0 aliphatic heterocycles. The zero-order valence-corrected chi connectivity index (χ0v) is 11.5. The van der Waals surface area contributed by atoms with Crippen molar-refractivity contribution >= 4 is 5.97 Å². The van der Waals surface area contributed by atoms with E-state index in [9.17, 15) is 9.18 Å². The molecule has 0 aliphatic carbocycles. The zero-order chi connectivity index (χ0) is 14.5. The van der Waals surface area contributed by atoms with E-state index in [1.165, 1.54) is 0 Å². The molecular weight excluding hydrogens is 249 g/mol. The Morgan fingerprint density at radius 1 is 1.32 bits per heavy atom. The predicted octanol–water partition coefficient (Wildman–Crippen LogP) is 2.20. The van der Waals surface area contributed by atoms with Crippen molar-refractivity contribution in [3.8, 4) is 5.75 Å². The van der Waals surface area contributed by atoms with Crippen LogP contribution >= 0.6 is 0 Å². The average molecular weight is 269 g/mol. The Hall–Kier alpha value is -1.62. The smallest absolute Gasteiger partial charge is 0.323 e. The molecule has 0 heterocycles. The number of hydrogen-bond acceptors (Lipinski definition) is 4. The van der Waals surface area contributed by atoms with Crippen LogP contribution in [-0.2, 0) is 16.0 Å². The number of carbonyl (C=O) groups is 1. The second-order valence-corrected chi connectivity index (χ2v) is 5.24. The van der Waals surface area contributed by atoms with Gasteiger partial charge in [0.25, 0.3) is 0 Å². The van der Waals surface area contributed by atoms with Crippen molar-refractivity contribution in [3.05, 3.63) is 29.8 Å². The van der Waals surface area contributed by atoms with E-state index in [0.717, 1.165) is 5.56 Å². The molecule has 1 aromatic carbocycles. The number of halogens is 1. The van der Waals surface area contributed by atoms with Crippen molar-refractivity contribution in [2.24, 2.45) is 5.73 Å². The minimum absolute atomic E-state index is 0.366. The lowest BCUT2D eigenvalue weighted by atomic mass is 10.1. The Labute approximate surface area is 112 Å². The van der Waals surface area contributed by atoms with Gasteiger partial charge in [0, 0.05) is 0 Å². The quantitative estimate of drug-likeness (QED) is 0.832. The molecule has 1 atom stereocenters. The number of rotatable bonds is 5. The van der Waals surface area contributed by atoms with Crippen molar-refractivity contribution in [1.82, 2.24) is 0 Å². The normalized spacial score (nSPS) is 12.9. The second-order valence-electron chi connectivity index (χ2n) is 5.24. The molecule has 0 aromatic heterocycles. The second kappa shape index (κ2) is 6.52. The van der Waals surface area contributed by atoms with Gasteiger partial charge in [0.1, 0.15) is 17.4 Å². The molecule has 0 spiro atoms. The number of alkyl halides is 1. The lowest BCUT2D eigenvalue weighted by Crippen LogP contribution is -2.38. The van der Waals surface area contributed by atoms with Crippen LogP contribution in [-0.4, -0.2) is 24.5 Å². The van der Waals surface area contributed by atoms with Crippen LogP contribution in [0.2, 0.25) is 0 Å². The molecule has 0 bridgehead atoms. The molecule has 2 N–H and O–H groups in total. The molecule has 0 aliphatic rings. The first-order valence-electron chi connectivity index (χ1n) is 6.08. The highest BCUT2D eigenvalue weighted by atomic mass is 19.1. The zero-order valence-electron chi connectivity index (χ0n) is 11.5. The van der Waals surface area contributed by atoms with E-state index in [0.29, 0.717) is 12.2 Å². The number of hydrogen-bond donors (Lipinski definition) is 1.